The molecule has 2 atom stereocenters. The van der Waals surface area contributed by atoms with E-state index in [1.54, 1.807) is 0 Å². The monoisotopic (exact) mass is 268 g/mol. The number of aliphatic hydroxyl groups excluding tert-OH is 1. The van der Waals surface area contributed by atoms with Gasteiger partial charge in [0.1, 0.15) is 6.10 Å². The molecule has 4 nitrogen and oxygen atoms in total. The molecule has 0 saturated heterocycles. The molecular formula is C13H17ClN2O2. The van der Waals surface area contributed by atoms with Gasteiger partial charge in [0.25, 0.3) is 0 Å². The molecule has 4 N–H and O–H groups in total. The summed E-state index contributed by atoms with van der Waals surface area (Å²) in [5, 5.41) is 13.3. The minimum atomic E-state index is -1.14. The van der Waals surface area contributed by atoms with E-state index < -0.39 is 12.0 Å². The Morgan fingerprint density at radius 3 is 2.56 bits per heavy atom. The summed E-state index contributed by atoms with van der Waals surface area (Å²) in [5.41, 5.74) is 6.15. The Kier molecular flexibility index (Phi) is 4.22. The molecule has 18 heavy (non-hydrogen) atoms. The van der Waals surface area contributed by atoms with E-state index in [-0.39, 0.29) is 12.6 Å². The summed E-state index contributed by atoms with van der Waals surface area (Å²) in [6.07, 6.45) is 1.18. The van der Waals surface area contributed by atoms with Crippen LogP contribution < -0.4 is 11.1 Å². The third-order valence-electron chi connectivity index (χ3n) is 3.18. The number of halogens is 1. The number of carbonyl (C=O) groups is 1. The van der Waals surface area contributed by atoms with Crippen molar-refractivity contribution in [3.05, 3.63) is 34.9 Å². The molecule has 2 unspecified atom stereocenters. The molecule has 5 heteroatoms. The first-order valence-electron chi connectivity index (χ1n) is 6.04. The molecule has 0 aromatic heterocycles. The highest BCUT2D eigenvalue weighted by Gasteiger charge is 2.32. The van der Waals surface area contributed by atoms with E-state index in [0.717, 1.165) is 18.4 Å². The Labute approximate surface area is 111 Å². The van der Waals surface area contributed by atoms with E-state index in [0.29, 0.717) is 10.9 Å². The topological polar surface area (TPSA) is 75.4 Å². The van der Waals surface area contributed by atoms with Crippen molar-refractivity contribution in [3.8, 4) is 0 Å². The number of rotatable bonds is 6. The Balaban J connectivity index is 2.00. The zero-order valence-corrected chi connectivity index (χ0v) is 10.7. The van der Waals surface area contributed by atoms with Crippen molar-refractivity contribution < 1.29 is 9.90 Å². The molecule has 2 rings (SSSR count). The Morgan fingerprint density at radius 2 is 2.06 bits per heavy atom. The summed E-state index contributed by atoms with van der Waals surface area (Å²) in [7, 11) is 0. The van der Waals surface area contributed by atoms with Crippen molar-refractivity contribution in [2.75, 3.05) is 6.54 Å². The second-order valence-electron chi connectivity index (χ2n) is 4.69. The predicted octanol–water partition coefficient (Wildman–Crippen LogP) is 1.23. The number of hydrogen-bond acceptors (Lipinski definition) is 3. The van der Waals surface area contributed by atoms with Crippen LogP contribution in [0.25, 0.3) is 0 Å². The van der Waals surface area contributed by atoms with Gasteiger partial charge >= 0.3 is 0 Å². The van der Waals surface area contributed by atoms with Crippen LogP contribution in [-0.4, -0.2) is 23.7 Å². The van der Waals surface area contributed by atoms with Crippen molar-refractivity contribution >= 4 is 17.5 Å². The van der Waals surface area contributed by atoms with Gasteiger partial charge in [-0.05, 0) is 36.5 Å². The van der Waals surface area contributed by atoms with Gasteiger partial charge in [-0.25, -0.2) is 0 Å². The minimum absolute atomic E-state index is 0.149. The lowest BCUT2D eigenvalue weighted by molar-refractivity contribution is -0.125. The minimum Gasteiger partial charge on any atom is -0.382 e. The van der Waals surface area contributed by atoms with E-state index in [9.17, 15) is 9.90 Å². The van der Waals surface area contributed by atoms with Crippen molar-refractivity contribution in [3.63, 3.8) is 0 Å². The average Bonchev–Trinajstić information content (AvgIpc) is 3.15. The van der Waals surface area contributed by atoms with Gasteiger partial charge < -0.3 is 16.2 Å². The highest BCUT2D eigenvalue weighted by atomic mass is 35.5. The number of nitrogens with two attached hydrogens (primary N) is 1. The fourth-order valence-corrected chi connectivity index (χ4v) is 2.12. The Morgan fingerprint density at radius 1 is 1.44 bits per heavy atom. The van der Waals surface area contributed by atoms with E-state index in [4.69, 9.17) is 17.3 Å². The van der Waals surface area contributed by atoms with Gasteiger partial charge in [0, 0.05) is 17.6 Å². The van der Waals surface area contributed by atoms with E-state index >= 15 is 0 Å². The van der Waals surface area contributed by atoms with Crippen LogP contribution in [0.3, 0.4) is 0 Å². The lowest BCUT2D eigenvalue weighted by atomic mass is 10.0. The van der Waals surface area contributed by atoms with E-state index in [1.807, 2.05) is 24.3 Å². The van der Waals surface area contributed by atoms with Crippen molar-refractivity contribution in [2.45, 2.75) is 25.0 Å². The first-order valence-corrected chi connectivity index (χ1v) is 6.42. The van der Waals surface area contributed by atoms with E-state index in [1.165, 1.54) is 0 Å². The summed E-state index contributed by atoms with van der Waals surface area (Å²) in [6, 6.07) is 7.78. The molecule has 1 fully saturated rings. The first kappa shape index (κ1) is 13.3. The standard InChI is InChI=1S/C13H17ClN2O2/c14-10-5-3-9(4-6-10)12(8-1-2-8)16-7-11(17)13(15)18/h3-6,8,11-12,16-17H,1-2,7H2,(H2,15,18). The maximum absolute atomic E-state index is 10.8. The van der Waals surface area contributed by atoms with Crippen LogP contribution in [-0.2, 0) is 4.79 Å². The zero-order chi connectivity index (χ0) is 13.1. The Hall–Kier alpha value is -1.10. The lowest BCUT2D eigenvalue weighted by Crippen LogP contribution is -2.39. The Bertz CT molecular complexity index is 418. The van der Waals surface area contributed by atoms with Crippen LogP contribution in [0.15, 0.2) is 24.3 Å². The molecule has 1 amide bonds. The molecule has 98 valence electrons. The van der Waals surface area contributed by atoms with E-state index in [2.05, 4.69) is 5.32 Å². The molecular weight excluding hydrogens is 252 g/mol. The fourth-order valence-electron chi connectivity index (χ4n) is 2.00. The maximum Gasteiger partial charge on any atom is 0.247 e. The molecule has 1 saturated carbocycles. The highest BCUT2D eigenvalue weighted by molar-refractivity contribution is 6.30. The third kappa shape index (κ3) is 3.45. The number of aliphatic hydroxyl groups is 1. The maximum atomic E-state index is 10.8. The normalized spacial score (nSPS) is 18.3. The van der Waals surface area contributed by atoms with Gasteiger partial charge in [-0.1, -0.05) is 23.7 Å². The van der Waals surface area contributed by atoms with Gasteiger partial charge in [-0.15, -0.1) is 0 Å². The summed E-state index contributed by atoms with van der Waals surface area (Å²) >= 11 is 5.86. The summed E-state index contributed by atoms with van der Waals surface area (Å²) < 4.78 is 0. The molecule has 0 bridgehead atoms. The van der Waals surface area contributed by atoms with Crippen molar-refractivity contribution in [1.82, 2.24) is 5.32 Å². The number of primary amides is 1. The van der Waals surface area contributed by atoms with Crippen LogP contribution in [0.4, 0.5) is 0 Å². The highest BCUT2D eigenvalue weighted by Crippen LogP contribution is 2.41. The number of carbonyl (C=O) groups excluding carboxylic acids is 1. The molecule has 0 radical (unpaired) electrons. The number of hydrogen-bond donors (Lipinski definition) is 3. The number of amides is 1. The summed E-state index contributed by atoms with van der Waals surface area (Å²) in [4.78, 5) is 10.8. The smallest absolute Gasteiger partial charge is 0.247 e. The summed E-state index contributed by atoms with van der Waals surface area (Å²) in [6.45, 7) is 0.180. The molecule has 0 aliphatic heterocycles. The second-order valence-corrected chi connectivity index (χ2v) is 5.13. The molecule has 0 heterocycles. The quantitative estimate of drug-likeness (QED) is 0.726. The molecule has 0 spiro atoms. The van der Waals surface area contributed by atoms with Gasteiger partial charge in [-0.3, -0.25) is 4.79 Å². The molecule has 1 aliphatic rings. The van der Waals surface area contributed by atoms with Crippen LogP contribution in [0.2, 0.25) is 5.02 Å². The fraction of sp³-hybridized carbons (Fsp3) is 0.462. The molecule has 1 aromatic rings. The number of benzene rings is 1. The van der Waals surface area contributed by atoms with Crippen molar-refractivity contribution in [2.24, 2.45) is 11.7 Å². The predicted molar refractivity (Wildman–Crippen MR) is 70.1 cm³/mol. The van der Waals surface area contributed by atoms with Crippen LogP contribution in [0.1, 0.15) is 24.4 Å². The van der Waals surface area contributed by atoms with Crippen LogP contribution >= 0.6 is 11.6 Å². The average molecular weight is 269 g/mol. The summed E-state index contributed by atoms with van der Waals surface area (Å²) in [5.74, 6) is -0.139. The van der Waals surface area contributed by atoms with Gasteiger partial charge in [0.15, 0.2) is 0 Å². The lowest BCUT2D eigenvalue weighted by Gasteiger charge is -2.20. The van der Waals surface area contributed by atoms with Gasteiger partial charge in [0.2, 0.25) is 5.91 Å². The molecule has 1 aromatic carbocycles. The zero-order valence-electron chi connectivity index (χ0n) is 9.97. The largest absolute Gasteiger partial charge is 0.382 e. The van der Waals surface area contributed by atoms with Gasteiger partial charge in [-0.2, -0.15) is 0 Å². The van der Waals surface area contributed by atoms with Crippen molar-refractivity contribution in [1.29, 1.82) is 0 Å². The van der Waals surface area contributed by atoms with Crippen LogP contribution in [0, 0.1) is 5.92 Å². The van der Waals surface area contributed by atoms with Gasteiger partial charge in [0.05, 0.1) is 0 Å². The third-order valence-corrected chi connectivity index (χ3v) is 3.43. The first-order chi connectivity index (χ1) is 8.58. The molecule has 1 aliphatic carbocycles. The number of nitrogens with one attached hydrogen (secondary N) is 1. The SMILES string of the molecule is NC(=O)C(O)CNC(c1ccc(Cl)cc1)C1CC1. The van der Waals surface area contributed by atoms with Crippen LogP contribution in [0.5, 0.6) is 0 Å². The second kappa shape index (κ2) is 5.69.